The first-order chi connectivity index (χ1) is 8.85. The van der Waals surface area contributed by atoms with Gasteiger partial charge in [-0.2, -0.15) is 5.10 Å². The third-order valence-electron chi connectivity index (χ3n) is 2.68. The van der Waals surface area contributed by atoms with Crippen molar-refractivity contribution in [3.63, 3.8) is 0 Å². The zero-order valence-electron chi connectivity index (χ0n) is 10.2. The van der Waals surface area contributed by atoms with Crippen LogP contribution in [-0.2, 0) is 6.54 Å². The van der Waals surface area contributed by atoms with E-state index in [1.165, 1.54) is 4.88 Å². The van der Waals surface area contributed by atoms with E-state index in [1.807, 2.05) is 18.3 Å². The number of aromatic nitrogens is 2. The highest BCUT2D eigenvalue weighted by Gasteiger charge is 2.11. The van der Waals surface area contributed by atoms with Gasteiger partial charge in [0, 0.05) is 25.2 Å². The molecule has 2 heterocycles. The van der Waals surface area contributed by atoms with Crippen molar-refractivity contribution < 1.29 is 5.11 Å². The molecule has 4 nitrogen and oxygen atoms in total. The number of nitrogens with zero attached hydrogens (tertiary/aromatic N) is 2. The Hall–Kier alpha value is -1.43. The summed E-state index contributed by atoms with van der Waals surface area (Å²) in [5, 5.41) is 18.3. The molecule has 0 amide bonds. The summed E-state index contributed by atoms with van der Waals surface area (Å²) in [6.07, 6.45) is 3.70. The van der Waals surface area contributed by atoms with Gasteiger partial charge in [0.05, 0.1) is 23.4 Å². The molecule has 0 unspecified atom stereocenters. The molecule has 5 heteroatoms. The summed E-state index contributed by atoms with van der Waals surface area (Å²) >= 11 is 1.69. The molecule has 0 fully saturated rings. The van der Waals surface area contributed by atoms with Crippen LogP contribution in [0, 0.1) is 0 Å². The smallest absolute Gasteiger partial charge is 0.0794 e. The molecular weight excluding hydrogens is 246 g/mol. The molecule has 2 aromatic heterocycles. The second-order valence-electron chi connectivity index (χ2n) is 3.99. The standard InChI is InChI=1S/C13H17N3OS/c1-2-5-16(6-7-17)10-11-9-14-15-13(11)12-4-3-8-18-12/h2-4,8-9,17H,1,5-7,10H2,(H,14,15). The van der Waals surface area contributed by atoms with Crippen LogP contribution in [0.2, 0.25) is 0 Å². The molecule has 2 aromatic rings. The summed E-state index contributed by atoms with van der Waals surface area (Å²) in [4.78, 5) is 3.32. The van der Waals surface area contributed by atoms with Crippen molar-refractivity contribution in [2.24, 2.45) is 0 Å². The zero-order chi connectivity index (χ0) is 12.8. The topological polar surface area (TPSA) is 52.1 Å². The van der Waals surface area contributed by atoms with Crippen LogP contribution >= 0.6 is 11.3 Å². The number of hydrogen-bond donors (Lipinski definition) is 2. The number of H-pyrrole nitrogens is 1. The van der Waals surface area contributed by atoms with Gasteiger partial charge in [-0.3, -0.25) is 10.00 Å². The Kier molecular flexibility index (Phi) is 4.69. The van der Waals surface area contributed by atoms with Gasteiger partial charge >= 0.3 is 0 Å². The molecule has 0 radical (unpaired) electrons. The largest absolute Gasteiger partial charge is 0.395 e. The third kappa shape index (κ3) is 3.07. The minimum atomic E-state index is 0.153. The number of nitrogens with one attached hydrogen (secondary N) is 1. The van der Waals surface area contributed by atoms with Gasteiger partial charge in [0.25, 0.3) is 0 Å². The number of thiophene rings is 1. The SMILES string of the molecule is C=CCN(CCO)Cc1cn[nH]c1-c1cccs1. The number of rotatable bonds is 7. The van der Waals surface area contributed by atoms with Crippen molar-refractivity contribution in [3.05, 3.63) is 41.9 Å². The normalized spacial score (nSPS) is 11.0. The van der Waals surface area contributed by atoms with E-state index in [9.17, 15) is 0 Å². The Morgan fingerprint density at radius 3 is 3.11 bits per heavy atom. The molecule has 0 aliphatic rings. The number of aromatic amines is 1. The van der Waals surface area contributed by atoms with Crippen molar-refractivity contribution >= 4 is 11.3 Å². The highest BCUT2D eigenvalue weighted by atomic mass is 32.1. The molecule has 2 rings (SSSR count). The predicted molar refractivity (Wildman–Crippen MR) is 74.5 cm³/mol. The van der Waals surface area contributed by atoms with Crippen molar-refractivity contribution in [2.75, 3.05) is 19.7 Å². The lowest BCUT2D eigenvalue weighted by atomic mass is 10.2. The first-order valence-corrected chi connectivity index (χ1v) is 6.73. The highest BCUT2D eigenvalue weighted by molar-refractivity contribution is 7.13. The van der Waals surface area contributed by atoms with Crippen LogP contribution in [0.4, 0.5) is 0 Å². The van der Waals surface area contributed by atoms with Gasteiger partial charge in [0.1, 0.15) is 0 Å². The lowest BCUT2D eigenvalue weighted by Gasteiger charge is -2.19. The predicted octanol–water partition coefficient (Wildman–Crippen LogP) is 2.12. The molecule has 2 N–H and O–H groups in total. The molecular formula is C13H17N3OS. The fourth-order valence-electron chi connectivity index (χ4n) is 1.86. The Bertz CT molecular complexity index is 478. The fraction of sp³-hybridized carbons (Fsp3) is 0.308. The van der Waals surface area contributed by atoms with Gasteiger partial charge in [-0.1, -0.05) is 12.1 Å². The minimum Gasteiger partial charge on any atom is -0.395 e. The van der Waals surface area contributed by atoms with E-state index < -0.39 is 0 Å². The first kappa shape index (κ1) is 13.0. The molecule has 0 aromatic carbocycles. The maximum atomic E-state index is 9.05. The molecule has 0 bridgehead atoms. The quantitative estimate of drug-likeness (QED) is 0.752. The Morgan fingerprint density at radius 2 is 2.44 bits per heavy atom. The zero-order valence-corrected chi connectivity index (χ0v) is 11.0. The van der Waals surface area contributed by atoms with Crippen LogP contribution in [0.15, 0.2) is 36.4 Å². The average molecular weight is 263 g/mol. The third-order valence-corrected chi connectivity index (χ3v) is 3.57. The molecule has 18 heavy (non-hydrogen) atoms. The summed E-state index contributed by atoms with van der Waals surface area (Å²) in [6.45, 7) is 6.05. The number of aliphatic hydroxyl groups excluding tert-OH is 1. The summed E-state index contributed by atoms with van der Waals surface area (Å²) in [5.74, 6) is 0. The van der Waals surface area contributed by atoms with E-state index in [0.29, 0.717) is 6.54 Å². The minimum absolute atomic E-state index is 0.153. The maximum Gasteiger partial charge on any atom is 0.0794 e. The fourth-order valence-corrected chi connectivity index (χ4v) is 2.62. The Balaban J connectivity index is 2.13. The molecule has 0 aliphatic carbocycles. The average Bonchev–Trinajstić information content (AvgIpc) is 2.99. The molecule has 96 valence electrons. The van der Waals surface area contributed by atoms with Gasteiger partial charge < -0.3 is 5.11 Å². The van der Waals surface area contributed by atoms with Gasteiger partial charge in [-0.15, -0.1) is 17.9 Å². The highest BCUT2D eigenvalue weighted by Crippen LogP contribution is 2.26. The van der Waals surface area contributed by atoms with Gasteiger partial charge in [-0.25, -0.2) is 0 Å². The summed E-state index contributed by atoms with van der Waals surface area (Å²) < 4.78 is 0. The second-order valence-corrected chi connectivity index (χ2v) is 4.94. The maximum absolute atomic E-state index is 9.05. The molecule has 0 saturated heterocycles. The van der Waals surface area contributed by atoms with Gasteiger partial charge in [0.15, 0.2) is 0 Å². The van der Waals surface area contributed by atoms with E-state index in [1.54, 1.807) is 11.3 Å². The first-order valence-electron chi connectivity index (χ1n) is 5.85. The molecule has 0 atom stereocenters. The van der Waals surface area contributed by atoms with E-state index in [2.05, 4.69) is 33.1 Å². The van der Waals surface area contributed by atoms with E-state index in [0.717, 1.165) is 24.3 Å². The van der Waals surface area contributed by atoms with Crippen LogP contribution in [0.5, 0.6) is 0 Å². The second kappa shape index (κ2) is 6.49. The van der Waals surface area contributed by atoms with Gasteiger partial charge in [-0.05, 0) is 11.4 Å². The molecule has 0 aliphatic heterocycles. The van der Waals surface area contributed by atoms with Crippen LogP contribution in [-0.4, -0.2) is 39.9 Å². The Labute approximate surface area is 111 Å². The van der Waals surface area contributed by atoms with Crippen LogP contribution in [0.25, 0.3) is 10.6 Å². The lowest BCUT2D eigenvalue weighted by molar-refractivity contribution is 0.203. The molecule has 0 spiro atoms. The monoisotopic (exact) mass is 263 g/mol. The number of hydrogen-bond acceptors (Lipinski definition) is 4. The van der Waals surface area contributed by atoms with Crippen molar-refractivity contribution in [1.29, 1.82) is 0 Å². The Morgan fingerprint density at radius 1 is 1.56 bits per heavy atom. The van der Waals surface area contributed by atoms with Crippen molar-refractivity contribution in [3.8, 4) is 10.6 Å². The van der Waals surface area contributed by atoms with Crippen molar-refractivity contribution in [1.82, 2.24) is 15.1 Å². The lowest BCUT2D eigenvalue weighted by Crippen LogP contribution is -2.26. The molecule has 0 saturated carbocycles. The summed E-state index contributed by atoms with van der Waals surface area (Å²) in [7, 11) is 0. The van der Waals surface area contributed by atoms with Crippen LogP contribution < -0.4 is 0 Å². The van der Waals surface area contributed by atoms with E-state index in [4.69, 9.17) is 5.11 Å². The number of aliphatic hydroxyl groups is 1. The van der Waals surface area contributed by atoms with Crippen LogP contribution in [0.3, 0.4) is 0 Å². The summed E-state index contributed by atoms with van der Waals surface area (Å²) in [6, 6.07) is 4.10. The van der Waals surface area contributed by atoms with Crippen molar-refractivity contribution in [2.45, 2.75) is 6.54 Å². The summed E-state index contributed by atoms with van der Waals surface area (Å²) in [5.41, 5.74) is 2.21. The van der Waals surface area contributed by atoms with Crippen LogP contribution in [0.1, 0.15) is 5.56 Å². The van der Waals surface area contributed by atoms with E-state index in [-0.39, 0.29) is 6.61 Å². The van der Waals surface area contributed by atoms with Gasteiger partial charge in [0.2, 0.25) is 0 Å². The van der Waals surface area contributed by atoms with E-state index >= 15 is 0 Å².